The van der Waals surface area contributed by atoms with Gasteiger partial charge in [0.2, 0.25) is 0 Å². The number of nitrogens with zero attached hydrogens (tertiary/aromatic N) is 1. The second kappa shape index (κ2) is 6.10. The number of carboxylic acid groups (broad SMARTS) is 1. The van der Waals surface area contributed by atoms with Gasteiger partial charge in [-0.15, -0.1) is 0 Å². The van der Waals surface area contributed by atoms with Crippen LogP contribution in [0.3, 0.4) is 0 Å². The number of hydrogen-bond acceptors (Lipinski definition) is 4. The SMILES string of the molecule is O=C(O)CCNC(=O)c1cc(Br)ccc1[N+](=O)[O-]. The van der Waals surface area contributed by atoms with Crippen molar-refractivity contribution in [2.24, 2.45) is 0 Å². The molecule has 0 fully saturated rings. The van der Waals surface area contributed by atoms with Crippen LogP contribution in [0.2, 0.25) is 0 Å². The van der Waals surface area contributed by atoms with Crippen molar-refractivity contribution in [1.82, 2.24) is 5.32 Å². The number of carboxylic acids is 1. The van der Waals surface area contributed by atoms with Gasteiger partial charge < -0.3 is 10.4 Å². The van der Waals surface area contributed by atoms with E-state index in [0.717, 1.165) is 0 Å². The van der Waals surface area contributed by atoms with Crippen LogP contribution < -0.4 is 5.32 Å². The molecular formula is C10H9BrN2O5. The molecule has 0 aliphatic heterocycles. The smallest absolute Gasteiger partial charge is 0.305 e. The monoisotopic (exact) mass is 316 g/mol. The first-order valence-corrected chi connectivity index (χ1v) is 5.65. The van der Waals surface area contributed by atoms with E-state index in [-0.39, 0.29) is 24.2 Å². The van der Waals surface area contributed by atoms with Gasteiger partial charge in [0.05, 0.1) is 11.3 Å². The molecule has 1 aromatic rings. The van der Waals surface area contributed by atoms with E-state index < -0.39 is 16.8 Å². The van der Waals surface area contributed by atoms with Gasteiger partial charge in [0.1, 0.15) is 5.56 Å². The molecule has 0 bridgehead atoms. The van der Waals surface area contributed by atoms with Crippen LogP contribution in [0.1, 0.15) is 16.8 Å². The second-order valence-electron chi connectivity index (χ2n) is 3.32. The molecule has 0 atom stereocenters. The Morgan fingerprint density at radius 2 is 2.11 bits per heavy atom. The van der Waals surface area contributed by atoms with Gasteiger partial charge in [0.15, 0.2) is 0 Å². The second-order valence-corrected chi connectivity index (χ2v) is 4.23. The molecule has 0 saturated heterocycles. The van der Waals surface area contributed by atoms with E-state index in [1.807, 2.05) is 0 Å². The molecule has 0 saturated carbocycles. The molecule has 96 valence electrons. The minimum atomic E-state index is -1.06. The molecule has 0 radical (unpaired) electrons. The molecule has 0 aliphatic carbocycles. The number of benzene rings is 1. The van der Waals surface area contributed by atoms with Crippen molar-refractivity contribution in [3.05, 3.63) is 38.3 Å². The first kappa shape index (κ1) is 14.1. The van der Waals surface area contributed by atoms with Crippen LogP contribution in [-0.2, 0) is 4.79 Å². The van der Waals surface area contributed by atoms with Gasteiger partial charge in [-0.2, -0.15) is 0 Å². The average Bonchev–Trinajstić information content (AvgIpc) is 2.27. The summed E-state index contributed by atoms with van der Waals surface area (Å²) in [5.74, 6) is -1.73. The summed E-state index contributed by atoms with van der Waals surface area (Å²) in [4.78, 5) is 32.0. The Balaban J connectivity index is 2.87. The van der Waals surface area contributed by atoms with E-state index in [2.05, 4.69) is 21.2 Å². The molecule has 0 heterocycles. The molecule has 1 aromatic carbocycles. The zero-order valence-electron chi connectivity index (χ0n) is 9.05. The Labute approximate surface area is 110 Å². The van der Waals surface area contributed by atoms with Crippen LogP contribution in [0.25, 0.3) is 0 Å². The fraction of sp³-hybridized carbons (Fsp3) is 0.200. The number of carbonyl (C=O) groups excluding carboxylic acids is 1. The van der Waals surface area contributed by atoms with Gasteiger partial charge in [-0.25, -0.2) is 0 Å². The molecule has 0 aromatic heterocycles. The number of carbonyl (C=O) groups is 2. The lowest BCUT2D eigenvalue weighted by Crippen LogP contribution is -2.26. The van der Waals surface area contributed by atoms with Crippen molar-refractivity contribution < 1.29 is 19.6 Å². The molecule has 1 amide bonds. The summed E-state index contributed by atoms with van der Waals surface area (Å²) < 4.78 is 0.525. The number of nitro benzene ring substituents is 1. The third-order valence-corrected chi connectivity index (χ3v) is 2.52. The van der Waals surface area contributed by atoms with Crippen LogP contribution in [-0.4, -0.2) is 28.5 Å². The summed E-state index contributed by atoms with van der Waals surface area (Å²) in [5, 5.41) is 21.5. The van der Waals surface area contributed by atoms with Crippen molar-refractivity contribution in [3.8, 4) is 0 Å². The molecule has 8 heteroatoms. The van der Waals surface area contributed by atoms with E-state index in [4.69, 9.17) is 5.11 Å². The fourth-order valence-electron chi connectivity index (χ4n) is 1.23. The highest BCUT2D eigenvalue weighted by Crippen LogP contribution is 2.22. The van der Waals surface area contributed by atoms with Gasteiger partial charge >= 0.3 is 5.97 Å². The van der Waals surface area contributed by atoms with E-state index in [9.17, 15) is 19.7 Å². The first-order chi connectivity index (χ1) is 8.41. The minimum Gasteiger partial charge on any atom is -0.481 e. The standard InChI is InChI=1S/C10H9BrN2O5/c11-6-1-2-8(13(17)18)7(5-6)10(16)12-4-3-9(14)15/h1-2,5H,3-4H2,(H,12,16)(H,14,15). The topological polar surface area (TPSA) is 110 Å². The molecule has 2 N–H and O–H groups in total. The number of amides is 1. The van der Waals surface area contributed by atoms with E-state index in [1.54, 1.807) is 0 Å². The highest BCUT2D eigenvalue weighted by Gasteiger charge is 2.20. The van der Waals surface area contributed by atoms with Gasteiger partial charge in [0, 0.05) is 17.1 Å². The zero-order valence-corrected chi connectivity index (χ0v) is 10.6. The average molecular weight is 317 g/mol. The quantitative estimate of drug-likeness (QED) is 0.632. The third kappa shape index (κ3) is 3.81. The lowest BCUT2D eigenvalue weighted by atomic mass is 10.1. The maximum absolute atomic E-state index is 11.7. The van der Waals surface area contributed by atoms with Gasteiger partial charge in [-0.3, -0.25) is 19.7 Å². The van der Waals surface area contributed by atoms with Crippen molar-refractivity contribution >= 4 is 33.5 Å². The molecule has 0 aliphatic rings. The van der Waals surface area contributed by atoms with Crippen molar-refractivity contribution in [2.45, 2.75) is 6.42 Å². The van der Waals surface area contributed by atoms with E-state index in [1.165, 1.54) is 18.2 Å². The number of aliphatic carboxylic acids is 1. The summed E-state index contributed by atoms with van der Waals surface area (Å²) in [6.45, 7) is -0.0855. The Kier molecular flexibility index (Phi) is 4.78. The lowest BCUT2D eigenvalue weighted by Gasteiger charge is -2.04. The van der Waals surface area contributed by atoms with Crippen molar-refractivity contribution in [3.63, 3.8) is 0 Å². The number of hydrogen-bond donors (Lipinski definition) is 2. The maximum atomic E-state index is 11.7. The molecule has 0 unspecified atom stereocenters. The largest absolute Gasteiger partial charge is 0.481 e. The van der Waals surface area contributed by atoms with Gasteiger partial charge in [-0.1, -0.05) is 15.9 Å². The maximum Gasteiger partial charge on any atom is 0.305 e. The van der Waals surface area contributed by atoms with Crippen LogP contribution in [0.15, 0.2) is 22.7 Å². The molecule has 1 rings (SSSR count). The van der Waals surface area contributed by atoms with Crippen LogP contribution in [0.4, 0.5) is 5.69 Å². The van der Waals surface area contributed by atoms with Crippen LogP contribution in [0.5, 0.6) is 0 Å². The highest BCUT2D eigenvalue weighted by atomic mass is 79.9. The van der Waals surface area contributed by atoms with E-state index in [0.29, 0.717) is 4.47 Å². The predicted molar refractivity (Wildman–Crippen MR) is 65.4 cm³/mol. The molecular weight excluding hydrogens is 308 g/mol. The summed E-state index contributed by atoms with van der Waals surface area (Å²) in [7, 11) is 0. The number of nitrogens with one attached hydrogen (secondary N) is 1. The molecule has 7 nitrogen and oxygen atoms in total. The lowest BCUT2D eigenvalue weighted by molar-refractivity contribution is -0.385. The fourth-order valence-corrected chi connectivity index (χ4v) is 1.59. The number of halogens is 1. The van der Waals surface area contributed by atoms with Crippen molar-refractivity contribution in [1.29, 1.82) is 0 Å². The molecule has 0 spiro atoms. The Hall–Kier alpha value is -1.96. The van der Waals surface area contributed by atoms with Gasteiger partial charge in [-0.05, 0) is 12.1 Å². The van der Waals surface area contributed by atoms with E-state index >= 15 is 0 Å². The highest BCUT2D eigenvalue weighted by molar-refractivity contribution is 9.10. The van der Waals surface area contributed by atoms with Crippen LogP contribution in [0, 0.1) is 10.1 Å². The normalized spacial score (nSPS) is 9.83. The third-order valence-electron chi connectivity index (χ3n) is 2.02. The summed E-state index contributed by atoms with van der Waals surface area (Å²) >= 11 is 3.11. The number of nitro groups is 1. The minimum absolute atomic E-state index is 0.0855. The zero-order chi connectivity index (χ0) is 13.7. The summed E-state index contributed by atoms with van der Waals surface area (Å²) in [6, 6.07) is 3.97. The Morgan fingerprint density at radius 1 is 1.44 bits per heavy atom. The van der Waals surface area contributed by atoms with Gasteiger partial charge in [0.25, 0.3) is 11.6 Å². The predicted octanol–water partition coefficient (Wildman–Crippen LogP) is 1.56. The number of rotatable bonds is 5. The van der Waals surface area contributed by atoms with Crippen molar-refractivity contribution in [2.75, 3.05) is 6.54 Å². The van der Waals surface area contributed by atoms with Crippen LogP contribution >= 0.6 is 15.9 Å². The Bertz CT molecular complexity index is 503. The summed E-state index contributed by atoms with van der Waals surface area (Å²) in [6.07, 6.45) is -0.243. The Morgan fingerprint density at radius 3 is 2.67 bits per heavy atom. The first-order valence-electron chi connectivity index (χ1n) is 4.85. The summed E-state index contributed by atoms with van der Waals surface area (Å²) in [5.41, 5.74) is -0.439. The molecule has 18 heavy (non-hydrogen) atoms.